The molecular weight excluding hydrogens is 234 g/mol. The number of rotatable bonds is 5. The molecule has 1 aromatic heterocycles. The third-order valence-electron chi connectivity index (χ3n) is 2.55. The summed E-state index contributed by atoms with van der Waals surface area (Å²) >= 11 is 0. The highest BCUT2D eigenvalue weighted by Gasteiger charge is 2.12. The number of benzene rings is 1. The number of aliphatic hydroxyl groups excluding tert-OH is 1. The van der Waals surface area contributed by atoms with Crippen molar-refractivity contribution >= 4 is 16.7 Å². The van der Waals surface area contributed by atoms with Gasteiger partial charge >= 0.3 is 0 Å². The number of ether oxygens (including phenoxy) is 2. The van der Waals surface area contributed by atoms with Crippen molar-refractivity contribution in [1.82, 2.24) is 9.97 Å². The molecule has 0 unspecified atom stereocenters. The standard InChI is InChI=1S/C12H15N3O3/c1-17-9-4-3-8-10(11(9)18-2)14-7-15-12(8)13-5-6-16/h3-4,7,16H,5-6H2,1-2H3,(H,13,14,15). The zero-order valence-corrected chi connectivity index (χ0v) is 10.3. The molecule has 96 valence electrons. The van der Waals surface area contributed by atoms with E-state index in [9.17, 15) is 0 Å². The van der Waals surface area contributed by atoms with Crippen LogP contribution in [-0.4, -0.2) is 42.4 Å². The van der Waals surface area contributed by atoms with E-state index in [1.165, 1.54) is 6.33 Å². The lowest BCUT2D eigenvalue weighted by atomic mass is 10.2. The number of nitrogens with one attached hydrogen (secondary N) is 1. The lowest BCUT2D eigenvalue weighted by molar-refractivity contribution is 0.311. The highest BCUT2D eigenvalue weighted by Crippen LogP contribution is 2.35. The third kappa shape index (κ3) is 2.14. The number of anilines is 1. The van der Waals surface area contributed by atoms with Crippen LogP contribution in [-0.2, 0) is 0 Å². The van der Waals surface area contributed by atoms with E-state index >= 15 is 0 Å². The second-order valence-electron chi connectivity index (χ2n) is 3.57. The van der Waals surface area contributed by atoms with Gasteiger partial charge in [0.05, 0.1) is 20.8 Å². The van der Waals surface area contributed by atoms with Gasteiger partial charge in [0.25, 0.3) is 0 Å². The molecular formula is C12H15N3O3. The first-order valence-corrected chi connectivity index (χ1v) is 5.52. The Morgan fingerprint density at radius 3 is 2.72 bits per heavy atom. The molecule has 0 atom stereocenters. The quantitative estimate of drug-likeness (QED) is 0.825. The minimum atomic E-state index is 0.0405. The third-order valence-corrected chi connectivity index (χ3v) is 2.55. The van der Waals surface area contributed by atoms with Crippen molar-refractivity contribution in [3.8, 4) is 11.5 Å². The first kappa shape index (κ1) is 12.4. The Kier molecular flexibility index (Phi) is 3.78. The normalized spacial score (nSPS) is 10.4. The number of aliphatic hydroxyl groups is 1. The SMILES string of the molecule is COc1ccc2c(NCCO)ncnc2c1OC. The highest BCUT2D eigenvalue weighted by molar-refractivity contribution is 5.94. The Bertz CT molecular complexity index is 545. The fourth-order valence-corrected chi connectivity index (χ4v) is 1.76. The largest absolute Gasteiger partial charge is 0.493 e. The molecule has 0 aliphatic heterocycles. The van der Waals surface area contributed by atoms with Gasteiger partial charge in [-0.2, -0.15) is 0 Å². The Morgan fingerprint density at radius 1 is 1.22 bits per heavy atom. The van der Waals surface area contributed by atoms with Crippen LogP contribution in [0.25, 0.3) is 10.9 Å². The first-order chi connectivity index (χ1) is 8.81. The molecule has 0 saturated carbocycles. The summed E-state index contributed by atoms with van der Waals surface area (Å²) in [5.74, 6) is 1.86. The smallest absolute Gasteiger partial charge is 0.187 e. The van der Waals surface area contributed by atoms with Crippen molar-refractivity contribution in [3.63, 3.8) is 0 Å². The fraction of sp³-hybridized carbons (Fsp3) is 0.333. The van der Waals surface area contributed by atoms with Crippen LogP contribution < -0.4 is 14.8 Å². The van der Waals surface area contributed by atoms with E-state index in [-0.39, 0.29) is 6.61 Å². The van der Waals surface area contributed by atoms with Crippen molar-refractivity contribution in [1.29, 1.82) is 0 Å². The molecule has 0 amide bonds. The Labute approximate surface area is 105 Å². The Hall–Kier alpha value is -2.08. The van der Waals surface area contributed by atoms with E-state index in [0.717, 1.165) is 5.39 Å². The second-order valence-corrected chi connectivity index (χ2v) is 3.57. The molecule has 0 aliphatic carbocycles. The summed E-state index contributed by atoms with van der Waals surface area (Å²) in [4.78, 5) is 8.36. The van der Waals surface area contributed by atoms with Crippen LogP contribution in [0.15, 0.2) is 18.5 Å². The number of aromatic nitrogens is 2. The topological polar surface area (TPSA) is 76.5 Å². The fourth-order valence-electron chi connectivity index (χ4n) is 1.76. The molecule has 0 radical (unpaired) electrons. The zero-order chi connectivity index (χ0) is 13.0. The van der Waals surface area contributed by atoms with Gasteiger partial charge in [-0.15, -0.1) is 0 Å². The van der Waals surface area contributed by atoms with E-state index in [2.05, 4.69) is 15.3 Å². The molecule has 18 heavy (non-hydrogen) atoms. The molecule has 6 nitrogen and oxygen atoms in total. The Morgan fingerprint density at radius 2 is 2.06 bits per heavy atom. The van der Waals surface area contributed by atoms with E-state index in [4.69, 9.17) is 14.6 Å². The van der Waals surface area contributed by atoms with Crippen LogP contribution in [0.5, 0.6) is 11.5 Å². The Balaban J connectivity index is 2.57. The van der Waals surface area contributed by atoms with Gasteiger partial charge in [0.1, 0.15) is 17.7 Å². The van der Waals surface area contributed by atoms with Crippen molar-refractivity contribution in [2.75, 3.05) is 32.7 Å². The van der Waals surface area contributed by atoms with Gasteiger partial charge in [0.2, 0.25) is 0 Å². The van der Waals surface area contributed by atoms with E-state index in [1.807, 2.05) is 6.07 Å². The molecule has 1 heterocycles. The van der Waals surface area contributed by atoms with Crippen LogP contribution in [0.4, 0.5) is 5.82 Å². The van der Waals surface area contributed by atoms with Crippen molar-refractivity contribution in [2.24, 2.45) is 0 Å². The van der Waals surface area contributed by atoms with Crippen LogP contribution in [0.1, 0.15) is 0 Å². The molecule has 1 aromatic carbocycles. The van der Waals surface area contributed by atoms with Crippen molar-refractivity contribution < 1.29 is 14.6 Å². The lowest BCUT2D eigenvalue weighted by Gasteiger charge is -2.12. The summed E-state index contributed by atoms with van der Waals surface area (Å²) in [5, 5.41) is 12.7. The van der Waals surface area contributed by atoms with Gasteiger partial charge in [-0.3, -0.25) is 0 Å². The predicted molar refractivity (Wildman–Crippen MR) is 68.2 cm³/mol. The maximum absolute atomic E-state index is 8.83. The van der Waals surface area contributed by atoms with Gasteiger partial charge in [-0.25, -0.2) is 9.97 Å². The molecule has 0 saturated heterocycles. The number of nitrogens with zero attached hydrogens (tertiary/aromatic N) is 2. The maximum atomic E-state index is 8.83. The predicted octanol–water partition coefficient (Wildman–Crippen LogP) is 1.05. The summed E-state index contributed by atoms with van der Waals surface area (Å²) in [7, 11) is 3.15. The molecule has 0 spiro atoms. The average Bonchev–Trinajstić information content (AvgIpc) is 2.43. The molecule has 2 N–H and O–H groups in total. The summed E-state index contributed by atoms with van der Waals surface area (Å²) in [6.45, 7) is 0.471. The van der Waals surface area contributed by atoms with Gasteiger partial charge < -0.3 is 19.9 Å². The first-order valence-electron chi connectivity index (χ1n) is 5.52. The summed E-state index contributed by atoms with van der Waals surface area (Å²) in [6, 6.07) is 3.66. The molecule has 2 rings (SSSR count). The van der Waals surface area contributed by atoms with Crippen LogP contribution in [0, 0.1) is 0 Å². The number of fused-ring (bicyclic) bond motifs is 1. The van der Waals surface area contributed by atoms with E-state index in [0.29, 0.717) is 29.4 Å². The average molecular weight is 249 g/mol. The van der Waals surface area contributed by atoms with E-state index in [1.54, 1.807) is 20.3 Å². The minimum Gasteiger partial charge on any atom is -0.493 e. The minimum absolute atomic E-state index is 0.0405. The summed E-state index contributed by atoms with van der Waals surface area (Å²) in [6.07, 6.45) is 1.45. The van der Waals surface area contributed by atoms with Crippen LogP contribution in [0.2, 0.25) is 0 Å². The number of hydrogen-bond donors (Lipinski definition) is 2. The monoisotopic (exact) mass is 249 g/mol. The number of methoxy groups -OCH3 is 2. The molecule has 0 fully saturated rings. The van der Waals surface area contributed by atoms with Crippen molar-refractivity contribution in [2.45, 2.75) is 0 Å². The van der Waals surface area contributed by atoms with Crippen LogP contribution >= 0.6 is 0 Å². The van der Waals surface area contributed by atoms with Gasteiger partial charge in [0.15, 0.2) is 11.5 Å². The highest BCUT2D eigenvalue weighted by atomic mass is 16.5. The molecule has 0 aliphatic rings. The molecule has 0 bridgehead atoms. The van der Waals surface area contributed by atoms with Gasteiger partial charge in [0, 0.05) is 11.9 Å². The zero-order valence-electron chi connectivity index (χ0n) is 10.3. The lowest BCUT2D eigenvalue weighted by Crippen LogP contribution is -2.07. The summed E-state index contributed by atoms with van der Waals surface area (Å²) in [5.41, 5.74) is 0.673. The molecule has 2 aromatic rings. The summed E-state index contributed by atoms with van der Waals surface area (Å²) < 4.78 is 10.5. The maximum Gasteiger partial charge on any atom is 0.187 e. The van der Waals surface area contributed by atoms with E-state index < -0.39 is 0 Å². The second kappa shape index (κ2) is 5.50. The van der Waals surface area contributed by atoms with Gasteiger partial charge in [-0.05, 0) is 12.1 Å². The van der Waals surface area contributed by atoms with Crippen molar-refractivity contribution in [3.05, 3.63) is 18.5 Å². The number of hydrogen-bond acceptors (Lipinski definition) is 6. The molecule has 6 heteroatoms. The van der Waals surface area contributed by atoms with Gasteiger partial charge in [-0.1, -0.05) is 0 Å². The van der Waals surface area contributed by atoms with Crippen LogP contribution in [0.3, 0.4) is 0 Å².